The van der Waals surface area contributed by atoms with Crippen LogP contribution in [0.15, 0.2) is 63.3 Å². The first-order valence-corrected chi connectivity index (χ1v) is 7.23. The van der Waals surface area contributed by atoms with E-state index in [1.54, 1.807) is 11.8 Å². The van der Waals surface area contributed by atoms with E-state index in [0.29, 0.717) is 0 Å². The molecule has 19 heavy (non-hydrogen) atoms. The summed E-state index contributed by atoms with van der Waals surface area (Å²) in [4.78, 5) is 7.37. The molecule has 0 fully saturated rings. The van der Waals surface area contributed by atoms with Crippen LogP contribution in [-0.2, 0) is 0 Å². The van der Waals surface area contributed by atoms with Crippen LogP contribution in [-0.4, -0.2) is 18.8 Å². The van der Waals surface area contributed by atoms with E-state index in [0.717, 1.165) is 11.4 Å². The molecule has 0 saturated carbocycles. The van der Waals surface area contributed by atoms with E-state index in [9.17, 15) is 0 Å². The fourth-order valence-electron chi connectivity index (χ4n) is 2.18. The monoisotopic (exact) mass is 268 g/mol. The van der Waals surface area contributed by atoms with Crippen LogP contribution in [0.4, 0.5) is 5.69 Å². The lowest BCUT2D eigenvalue weighted by molar-refractivity contribution is 0.762. The van der Waals surface area contributed by atoms with Gasteiger partial charge in [0.05, 0.1) is 11.4 Å². The normalized spacial score (nSPS) is 14.9. The second-order valence-corrected chi connectivity index (χ2v) is 5.66. The first-order chi connectivity index (χ1) is 9.29. The van der Waals surface area contributed by atoms with Crippen molar-refractivity contribution in [3.05, 3.63) is 54.1 Å². The molecule has 0 aliphatic carbocycles. The van der Waals surface area contributed by atoms with Gasteiger partial charge in [-0.2, -0.15) is 0 Å². The Morgan fingerprint density at radius 2 is 1.68 bits per heavy atom. The van der Waals surface area contributed by atoms with Crippen molar-refractivity contribution in [3.8, 4) is 0 Å². The van der Waals surface area contributed by atoms with Crippen LogP contribution in [0.2, 0.25) is 0 Å². The van der Waals surface area contributed by atoms with Crippen LogP contribution in [0.3, 0.4) is 0 Å². The number of benzene rings is 2. The zero-order chi connectivity index (χ0) is 13.2. The molecule has 0 spiro atoms. The summed E-state index contributed by atoms with van der Waals surface area (Å²) in [5.41, 5.74) is 3.39. The molecule has 3 heteroatoms. The molecule has 0 radical (unpaired) electrons. The van der Waals surface area contributed by atoms with E-state index in [1.807, 2.05) is 13.1 Å². The Morgan fingerprint density at radius 3 is 2.47 bits per heavy atom. The Bertz CT molecular complexity index is 634. The molecule has 1 aliphatic heterocycles. The Labute approximate surface area is 118 Å². The van der Waals surface area contributed by atoms with Crippen molar-refractivity contribution in [1.82, 2.24) is 5.32 Å². The summed E-state index contributed by atoms with van der Waals surface area (Å²) in [6.07, 6.45) is 0. The van der Waals surface area contributed by atoms with Crippen LogP contribution < -0.4 is 5.32 Å². The highest BCUT2D eigenvalue weighted by Gasteiger charge is 2.19. The van der Waals surface area contributed by atoms with E-state index in [1.165, 1.54) is 15.4 Å². The van der Waals surface area contributed by atoms with Crippen molar-refractivity contribution < 1.29 is 0 Å². The molecule has 1 unspecified atom stereocenters. The van der Waals surface area contributed by atoms with Gasteiger partial charge in [-0.25, -0.2) is 4.99 Å². The Hall–Kier alpha value is -1.58. The highest BCUT2D eigenvalue weighted by Crippen LogP contribution is 2.40. The minimum Gasteiger partial charge on any atom is -0.312 e. The van der Waals surface area contributed by atoms with Gasteiger partial charge in [-0.15, -0.1) is 0 Å². The fraction of sp³-hybridized carbons (Fsp3) is 0.188. The van der Waals surface area contributed by atoms with Crippen molar-refractivity contribution in [2.75, 3.05) is 7.05 Å². The molecule has 3 rings (SSSR count). The number of hydrogen-bond donors (Lipinski definition) is 1. The van der Waals surface area contributed by atoms with Crippen LogP contribution in [0.1, 0.15) is 12.5 Å². The number of likely N-dealkylation sites (N-methyl/N-ethyl adjacent to an activating group) is 1. The molecule has 1 N–H and O–H groups in total. The van der Waals surface area contributed by atoms with E-state index < -0.39 is 0 Å². The predicted molar refractivity (Wildman–Crippen MR) is 81.7 cm³/mol. The highest BCUT2D eigenvalue weighted by atomic mass is 32.2. The van der Waals surface area contributed by atoms with Gasteiger partial charge in [0.25, 0.3) is 0 Å². The molecule has 0 amide bonds. The van der Waals surface area contributed by atoms with Crippen LogP contribution in [0.5, 0.6) is 0 Å². The summed E-state index contributed by atoms with van der Waals surface area (Å²) in [7, 11) is 1.97. The molecule has 1 heterocycles. The molecule has 2 nitrogen and oxygen atoms in total. The van der Waals surface area contributed by atoms with Gasteiger partial charge < -0.3 is 5.32 Å². The second-order valence-electron chi connectivity index (χ2n) is 4.57. The fourth-order valence-corrected chi connectivity index (χ4v) is 3.21. The summed E-state index contributed by atoms with van der Waals surface area (Å²) in [5, 5.41) is 3.29. The zero-order valence-corrected chi connectivity index (χ0v) is 11.9. The zero-order valence-electron chi connectivity index (χ0n) is 11.1. The van der Waals surface area contributed by atoms with Gasteiger partial charge in [0.1, 0.15) is 0 Å². The molecule has 96 valence electrons. The lowest BCUT2D eigenvalue weighted by Gasteiger charge is -2.15. The maximum absolute atomic E-state index is 4.88. The van der Waals surface area contributed by atoms with Crippen LogP contribution >= 0.6 is 11.8 Å². The van der Waals surface area contributed by atoms with E-state index in [2.05, 4.69) is 54.7 Å². The van der Waals surface area contributed by atoms with E-state index >= 15 is 0 Å². The van der Waals surface area contributed by atoms with Crippen molar-refractivity contribution in [3.63, 3.8) is 0 Å². The second kappa shape index (κ2) is 5.19. The summed E-state index contributed by atoms with van der Waals surface area (Å²) < 4.78 is 0. The number of aliphatic imine (C=N–C) groups is 1. The smallest absolute Gasteiger partial charge is 0.0773 e. The van der Waals surface area contributed by atoms with Crippen molar-refractivity contribution in [1.29, 1.82) is 0 Å². The number of para-hydroxylation sites is 1. The minimum atomic E-state index is 0.230. The number of fused-ring (bicyclic) bond motifs is 2. The van der Waals surface area contributed by atoms with E-state index in [-0.39, 0.29) is 6.04 Å². The third-order valence-corrected chi connectivity index (χ3v) is 4.47. The molecule has 0 saturated heterocycles. The molecular weight excluding hydrogens is 252 g/mol. The van der Waals surface area contributed by atoms with Gasteiger partial charge in [0, 0.05) is 21.4 Å². The lowest BCUT2D eigenvalue weighted by atomic mass is 10.0. The largest absolute Gasteiger partial charge is 0.312 e. The molecular formula is C16H16N2S. The molecule has 1 atom stereocenters. The quantitative estimate of drug-likeness (QED) is 0.894. The minimum absolute atomic E-state index is 0.230. The number of nitrogens with zero attached hydrogens (tertiary/aromatic N) is 1. The summed E-state index contributed by atoms with van der Waals surface area (Å²) >= 11 is 1.79. The molecule has 0 bridgehead atoms. The SMILES string of the molecule is CNC(C)C1=Nc2ccccc2Sc2ccccc21. The maximum Gasteiger partial charge on any atom is 0.0773 e. The standard InChI is InChI=1S/C16H16N2S/c1-11(17-2)16-12-7-3-5-9-14(12)19-15-10-6-4-8-13(15)18-16/h3-11,17H,1-2H3. The predicted octanol–water partition coefficient (Wildman–Crippen LogP) is 3.88. The first kappa shape index (κ1) is 12.5. The number of rotatable bonds is 2. The average Bonchev–Trinajstić information content (AvgIpc) is 2.62. The Balaban J connectivity index is 2.22. The average molecular weight is 268 g/mol. The van der Waals surface area contributed by atoms with Gasteiger partial charge in [0.2, 0.25) is 0 Å². The molecule has 2 aromatic carbocycles. The summed E-state index contributed by atoms with van der Waals surface area (Å²) in [5.74, 6) is 0. The van der Waals surface area contributed by atoms with Gasteiger partial charge in [0.15, 0.2) is 0 Å². The first-order valence-electron chi connectivity index (χ1n) is 6.41. The van der Waals surface area contributed by atoms with E-state index in [4.69, 9.17) is 4.99 Å². The Morgan fingerprint density at radius 1 is 1.00 bits per heavy atom. The highest BCUT2D eigenvalue weighted by molar-refractivity contribution is 7.99. The van der Waals surface area contributed by atoms with Gasteiger partial charge in [-0.3, -0.25) is 0 Å². The van der Waals surface area contributed by atoms with Crippen molar-refractivity contribution >= 4 is 23.2 Å². The molecule has 1 aliphatic rings. The van der Waals surface area contributed by atoms with Gasteiger partial charge in [-0.1, -0.05) is 42.1 Å². The van der Waals surface area contributed by atoms with Crippen LogP contribution in [0, 0.1) is 0 Å². The van der Waals surface area contributed by atoms with Gasteiger partial charge in [-0.05, 0) is 32.2 Å². The molecule has 0 aromatic heterocycles. The van der Waals surface area contributed by atoms with Crippen molar-refractivity contribution in [2.24, 2.45) is 4.99 Å². The maximum atomic E-state index is 4.88. The van der Waals surface area contributed by atoms with Crippen molar-refractivity contribution in [2.45, 2.75) is 22.8 Å². The third kappa shape index (κ3) is 2.31. The van der Waals surface area contributed by atoms with Crippen LogP contribution in [0.25, 0.3) is 0 Å². The topological polar surface area (TPSA) is 24.4 Å². The Kier molecular flexibility index (Phi) is 3.40. The summed E-state index contributed by atoms with van der Waals surface area (Å²) in [6.45, 7) is 2.15. The molecule has 2 aromatic rings. The summed E-state index contributed by atoms with van der Waals surface area (Å²) in [6, 6.07) is 17.0. The lowest BCUT2D eigenvalue weighted by Crippen LogP contribution is -2.31. The third-order valence-electron chi connectivity index (χ3n) is 3.33. The van der Waals surface area contributed by atoms with Gasteiger partial charge >= 0.3 is 0 Å². The number of nitrogens with one attached hydrogen (secondary N) is 1. The number of hydrogen-bond acceptors (Lipinski definition) is 3.